The number of hydrogen-bond donors (Lipinski definition) is 0. The SMILES string of the molecule is O.O.O=O.[HH].[HH]. The molecule has 0 aliphatic heterocycles. The van der Waals surface area contributed by atoms with Crippen LogP contribution in [0.3, 0.4) is 0 Å². The third-order valence-corrected chi connectivity index (χ3v) is 0. The second kappa shape index (κ2) is 25.3. The molecule has 0 saturated carbocycles. The first-order chi connectivity index (χ1) is 1.00. The summed E-state index contributed by atoms with van der Waals surface area (Å²) in [4.78, 5) is 14.0. The van der Waals surface area contributed by atoms with Crippen molar-refractivity contribution in [3.63, 3.8) is 0 Å². The Morgan fingerprint density at radius 1 is 1.00 bits per heavy atom. The molecule has 4 nitrogen and oxygen atoms in total. The van der Waals surface area contributed by atoms with Gasteiger partial charge in [0.05, 0.1) is 0 Å². The van der Waals surface area contributed by atoms with E-state index in [1.807, 2.05) is 0 Å². The first-order valence-corrected chi connectivity index (χ1v) is 0.167. The van der Waals surface area contributed by atoms with Crippen molar-refractivity contribution < 1.29 is 13.8 Å². The molecule has 0 amide bonds. The highest BCUT2D eigenvalue weighted by molar-refractivity contribution is 4.07. The van der Waals surface area contributed by atoms with Gasteiger partial charge in [0.25, 0.3) is 0 Å². The summed E-state index contributed by atoms with van der Waals surface area (Å²) < 4.78 is 0. The van der Waals surface area contributed by atoms with Gasteiger partial charge in [-0.25, -0.2) is 0 Å². The van der Waals surface area contributed by atoms with Crippen molar-refractivity contribution in [2.45, 2.75) is 0 Å². The Morgan fingerprint density at radius 2 is 1.00 bits per heavy atom. The molecule has 0 aliphatic carbocycles. The summed E-state index contributed by atoms with van der Waals surface area (Å²) in [6, 6.07) is 0. The van der Waals surface area contributed by atoms with Crippen LogP contribution in [0.25, 0.3) is 0 Å². The molecule has 0 rings (SSSR count). The van der Waals surface area contributed by atoms with Gasteiger partial charge in [0.2, 0.25) is 0 Å². The molecule has 0 atom stereocenters. The molecule has 0 aromatic carbocycles. The Kier molecular flexibility index (Phi) is 522. The molecule has 0 unspecified atom stereocenters. The Morgan fingerprint density at radius 3 is 1.00 bits per heavy atom. The monoisotopic (exact) mass is 72.0 g/mol. The van der Waals surface area contributed by atoms with Crippen molar-refractivity contribution >= 4 is 0 Å². The Hall–Kier alpha value is -0.480. The third-order valence-electron chi connectivity index (χ3n) is 0. The molecule has 0 aromatic rings. The molecule has 0 spiro atoms. The van der Waals surface area contributed by atoms with Gasteiger partial charge < -0.3 is 11.0 Å². The lowest BCUT2D eigenvalue weighted by molar-refractivity contribution is 0.823. The van der Waals surface area contributed by atoms with E-state index in [9.17, 15) is 0 Å². The van der Waals surface area contributed by atoms with E-state index >= 15 is 0 Å². The van der Waals surface area contributed by atoms with Crippen LogP contribution in [0.15, 0.2) is 0 Å². The van der Waals surface area contributed by atoms with E-state index in [4.69, 9.17) is 9.93 Å². The molecular formula is H8O4. The normalized spacial score (nSPS) is 1.00. The molecular weight excluding hydrogens is 64.0 g/mol. The minimum Gasteiger partial charge on any atom is -0.412 e. The van der Waals surface area contributed by atoms with Gasteiger partial charge in [0, 0.05) is 12.8 Å². The van der Waals surface area contributed by atoms with Crippen molar-refractivity contribution in [3.8, 4) is 0 Å². The highest BCUT2D eigenvalue weighted by atomic mass is 16.7. The summed E-state index contributed by atoms with van der Waals surface area (Å²) in [6.45, 7) is 0. The molecule has 0 bridgehead atoms. The van der Waals surface area contributed by atoms with Crippen molar-refractivity contribution in [1.82, 2.24) is 0 Å². The van der Waals surface area contributed by atoms with E-state index in [1.165, 1.54) is 0 Å². The summed E-state index contributed by atoms with van der Waals surface area (Å²) in [7, 11) is 0. The average Bonchev–Trinajstić information content (AvgIpc) is 1.00. The zero-order valence-corrected chi connectivity index (χ0v) is 1.82. The molecule has 0 radical (unpaired) electrons. The number of hydrogen-bond acceptors (Lipinski definition) is 2. The average molecular weight is 72.1 g/mol. The van der Waals surface area contributed by atoms with Gasteiger partial charge in [-0.2, -0.15) is 0 Å². The Balaban J connectivity index is -0.000000000833. The standard InChI is InChI=1S/O2.2H2O.2H2/c1-2;;;;/h;2*1H2;2*1H. The fourth-order valence-electron chi connectivity index (χ4n) is 0. The predicted molar refractivity (Wildman–Crippen MR) is 18.2 cm³/mol. The van der Waals surface area contributed by atoms with E-state index < -0.39 is 0 Å². The van der Waals surface area contributed by atoms with Crippen LogP contribution in [-0.4, -0.2) is 11.0 Å². The van der Waals surface area contributed by atoms with E-state index in [0.717, 1.165) is 0 Å². The zero-order valence-electron chi connectivity index (χ0n) is 1.82. The lowest BCUT2D eigenvalue weighted by atomic mass is 15.3. The second-order valence-electron chi connectivity index (χ2n) is 0. The Labute approximate surface area is 25.2 Å². The molecule has 0 saturated heterocycles. The molecule has 0 heterocycles. The molecule has 4 heteroatoms. The molecule has 4 heavy (non-hydrogen) atoms. The maximum absolute atomic E-state index is 7.00. The fraction of sp³-hybridized carbons (Fsp3) is 0. The highest BCUT2D eigenvalue weighted by Gasteiger charge is 0.707. The smallest absolute Gasteiger partial charge is 0 e. The van der Waals surface area contributed by atoms with Crippen LogP contribution in [0.1, 0.15) is 2.85 Å². The van der Waals surface area contributed by atoms with Gasteiger partial charge in [-0.15, -0.1) is 0 Å². The van der Waals surface area contributed by atoms with Crippen molar-refractivity contribution in [2.75, 3.05) is 0 Å². The predicted octanol–water partition coefficient (Wildman–Crippen LogP) is -1.09. The second-order valence-corrected chi connectivity index (χ2v) is 0. The highest BCUT2D eigenvalue weighted by Crippen LogP contribution is 0.741. The van der Waals surface area contributed by atoms with Crippen molar-refractivity contribution in [1.29, 1.82) is 0 Å². The maximum atomic E-state index is 7.00. The summed E-state index contributed by atoms with van der Waals surface area (Å²) in [5.74, 6) is 0. The largest absolute Gasteiger partial charge is 0.412 e. The van der Waals surface area contributed by atoms with Gasteiger partial charge >= 0.3 is 0 Å². The van der Waals surface area contributed by atoms with Gasteiger partial charge in [-0.05, 0) is 0 Å². The van der Waals surface area contributed by atoms with Crippen LogP contribution in [0.2, 0.25) is 0 Å². The first-order valence-electron chi connectivity index (χ1n) is 0.167. The lowest BCUT2D eigenvalue weighted by Crippen LogP contribution is -0.674. The summed E-state index contributed by atoms with van der Waals surface area (Å²) in [5, 5.41) is 0. The van der Waals surface area contributed by atoms with Crippen LogP contribution in [0, 0.1) is 9.93 Å². The molecule has 32 valence electrons. The van der Waals surface area contributed by atoms with Crippen molar-refractivity contribution in [2.24, 2.45) is 0 Å². The van der Waals surface area contributed by atoms with E-state index in [0.29, 0.717) is 0 Å². The first kappa shape index (κ1) is 82.7. The quantitative estimate of drug-likeness (QED) is 0.363. The van der Waals surface area contributed by atoms with Crippen LogP contribution >= 0.6 is 0 Å². The van der Waals surface area contributed by atoms with E-state index in [2.05, 4.69) is 0 Å². The summed E-state index contributed by atoms with van der Waals surface area (Å²) in [5.41, 5.74) is 0. The van der Waals surface area contributed by atoms with Crippen LogP contribution in [-0.2, 0) is 0 Å². The molecule has 0 aliphatic rings. The van der Waals surface area contributed by atoms with Crippen LogP contribution in [0.5, 0.6) is 0 Å². The van der Waals surface area contributed by atoms with Gasteiger partial charge in [0.15, 0.2) is 0 Å². The fourth-order valence-corrected chi connectivity index (χ4v) is 0. The maximum Gasteiger partial charge on any atom is 0 e. The van der Waals surface area contributed by atoms with Crippen LogP contribution in [0.4, 0.5) is 0 Å². The zero-order chi connectivity index (χ0) is 2.00. The Bertz CT molecular complexity index is 5.51. The van der Waals surface area contributed by atoms with Crippen LogP contribution < -0.4 is 0 Å². The number of rotatable bonds is 0. The summed E-state index contributed by atoms with van der Waals surface area (Å²) in [6.07, 6.45) is 0. The molecule has 0 aromatic heterocycles. The minimum atomic E-state index is 0. The molecule has 4 N–H and O–H groups in total. The van der Waals surface area contributed by atoms with E-state index in [1.54, 1.807) is 0 Å². The third kappa shape index (κ3) is 1.78. The topological polar surface area (TPSA) is 97.1 Å². The van der Waals surface area contributed by atoms with Crippen molar-refractivity contribution in [3.05, 3.63) is 9.93 Å². The van der Waals surface area contributed by atoms with Gasteiger partial charge in [-0.3, -0.25) is 0 Å². The van der Waals surface area contributed by atoms with E-state index in [-0.39, 0.29) is 13.8 Å². The minimum absolute atomic E-state index is 0. The van der Waals surface area contributed by atoms with Gasteiger partial charge in [0.1, 0.15) is 0 Å². The summed E-state index contributed by atoms with van der Waals surface area (Å²) >= 11 is 0. The molecule has 0 fully saturated rings. The lowest BCUT2D eigenvalue weighted by Gasteiger charge is -0.707. The van der Waals surface area contributed by atoms with Gasteiger partial charge in [-0.1, -0.05) is 0 Å².